The van der Waals surface area contributed by atoms with Crippen molar-refractivity contribution >= 4 is 10.8 Å². The molecule has 0 aliphatic carbocycles. The predicted octanol–water partition coefficient (Wildman–Crippen LogP) is 2.84. The summed E-state index contributed by atoms with van der Waals surface area (Å²) in [7, 11) is 1.90. The Hall–Kier alpha value is -2.40. The monoisotopic (exact) mass is 282 g/mol. The van der Waals surface area contributed by atoms with E-state index in [1.165, 1.54) is 0 Å². The van der Waals surface area contributed by atoms with Gasteiger partial charge in [0.15, 0.2) is 5.75 Å². The van der Waals surface area contributed by atoms with Gasteiger partial charge in [0.05, 0.1) is 11.4 Å². The van der Waals surface area contributed by atoms with Crippen molar-refractivity contribution in [2.24, 2.45) is 12.8 Å². The third kappa shape index (κ3) is 2.36. The molecular weight excluding hydrogens is 264 g/mol. The molecule has 0 amide bonds. The van der Waals surface area contributed by atoms with E-state index in [-0.39, 0.29) is 0 Å². The van der Waals surface area contributed by atoms with Crippen LogP contribution in [0.25, 0.3) is 10.8 Å². The lowest BCUT2D eigenvalue weighted by molar-refractivity contribution is 0.459. The number of benzene rings is 1. The molecule has 0 saturated heterocycles. The number of hydrogen-bond donors (Lipinski definition) is 1. The highest BCUT2D eigenvalue weighted by molar-refractivity contribution is 5.87. The first-order chi connectivity index (χ1) is 10.1. The summed E-state index contributed by atoms with van der Waals surface area (Å²) in [4.78, 5) is 4.52. The molecule has 0 atom stereocenters. The molecule has 5 nitrogen and oxygen atoms in total. The molecule has 0 fully saturated rings. The molecule has 0 aliphatic rings. The van der Waals surface area contributed by atoms with E-state index in [1.54, 1.807) is 4.68 Å². The average molecular weight is 282 g/mol. The van der Waals surface area contributed by atoms with E-state index in [0.29, 0.717) is 12.4 Å². The predicted molar refractivity (Wildman–Crippen MR) is 82.4 cm³/mol. The Kier molecular flexibility index (Phi) is 3.35. The number of rotatable bonds is 3. The van der Waals surface area contributed by atoms with Gasteiger partial charge in [-0.15, -0.1) is 0 Å². The van der Waals surface area contributed by atoms with Crippen LogP contribution in [0.5, 0.6) is 11.6 Å². The van der Waals surface area contributed by atoms with Crippen molar-refractivity contribution in [1.82, 2.24) is 14.8 Å². The van der Waals surface area contributed by atoms with Crippen LogP contribution < -0.4 is 10.5 Å². The summed E-state index contributed by atoms with van der Waals surface area (Å²) in [6.45, 7) is 4.29. The molecule has 0 spiro atoms. The number of aromatic nitrogens is 3. The van der Waals surface area contributed by atoms with Crippen molar-refractivity contribution in [2.45, 2.75) is 20.4 Å². The van der Waals surface area contributed by atoms with Crippen LogP contribution in [-0.2, 0) is 13.6 Å². The first-order valence-electron chi connectivity index (χ1n) is 6.87. The van der Waals surface area contributed by atoms with E-state index in [2.05, 4.69) is 10.1 Å². The minimum atomic E-state index is 0.381. The number of aryl methyl sites for hydroxylation is 2. The third-order valence-corrected chi connectivity index (χ3v) is 3.61. The van der Waals surface area contributed by atoms with Crippen LogP contribution in [0, 0.1) is 13.8 Å². The van der Waals surface area contributed by atoms with Crippen LogP contribution in [0.1, 0.15) is 17.1 Å². The Bertz CT molecular complexity index is 807. The van der Waals surface area contributed by atoms with Crippen LogP contribution in [0.3, 0.4) is 0 Å². The van der Waals surface area contributed by atoms with Gasteiger partial charge < -0.3 is 10.5 Å². The van der Waals surface area contributed by atoms with Gasteiger partial charge in [0.2, 0.25) is 5.88 Å². The molecule has 3 aromatic rings. The maximum Gasteiger partial charge on any atom is 0.227 e. The zero-order valence-electron chi connectivity index (χ0n) is 12.4. The van der Waals surface area contributed by atoms with Gasteiger partial charge in [0, 0.05) is 19.0 Å². The van der Waals surface area contributed by atoms with Crippen molar-refractivity contribution in [3.05, 3.63) is 47.4 Å². The fourth-order valence-corrected chi connectivity index (χ4v) is 2.40. The summed E-state index contributed by atoms with van der Waals surface area (Å²) in [6.07, 6.45) is 0. The summed E-state index contributed by atoms with van der Waals surface area (Å²) in [5, 5.41) is 6.41. The molecule has 0 radical (unpaired) electrons. The molecular formula is C16H18N4O. The molecule has 2 N–H and O–H groups in total. The second kappa shape index (κ2) is 5.18. The summed E-state index contributed by atoms with van der Waals surface area (Å²) < 4.78 is 7.87. The Morgan fingerprint density at radius 2 is 2.00 bits per heavy atom. The minimum absolute atomic E-state index is 0.381. The fourth-order valence-electron chi connectivity index (χ4n) is 2.40. The second-order valence-corrected chi connectivity index (χ2v) is 5.07. The normalized spacial score (nSPS) is 11.0. The number of ether oxygens (including phenoxy) is 1. The van der Waals surface area contributed by atoms with Crippen molar-refractivity contribution < 1.29 is 4.74 Å². The van der Waals surface area contributed by atoms with Gasteiger partial charge >= 0.3 is 0 Å². The van der Waals surface area contributed by atoms with Gasteiger partial charge in [-0.05, 0) is 31.4 Å². The zero-order chi connectivity index (χ0) is 15.0. The van der Waals surface area contributed by atoms with E-state index in [4.69, 9.17) is 10.5 Å². The SMILES string of the molecule is Cc1nn(C)c(C)c1Oc1nc(CN)cc2ccccc12. The summed E-state index contributed by atoms with van der Waals surface area (Å²) >= 11 is 0. The lowest BCUT2D eigenvalue weighted by atomic mass is 10.1. The van der Waals surface area contributed by atoms with Crippen molar-refractivity contribution in [3.8, 4) is 11.6 Å². The van der Waals surface area contributed by atoms with Crippen molar-refractivity contribution in [2.75, 3.05) is 0 Å². The molecule has 2 heterocycles. The Morgan fingerprint density at radius 3 is 2.67 bits per heavy atom. The second-order valence-electron chi connectivity index (χ2n) is 5.07. The van der Waals surface area contributed by atoms with Gasteiger partial charge in [0.1, 0.15) is 5.69 Å². The van der Waals surface area contributed by atoms with Crippen LogP contribution >= 0.6 is 0 Å². The molecule has 3 rings (SSSR count). The lowest BCUT2D eigenvalue weighted by Crippen LogP contribution is -2.02. The molecule has 2 aromatic heterocycles. The van der Waals surface area contributed by atoms with Crippen LogP contribution in [-0.4, -0.2) is 14.8 Å². The van der Waals surface area contributed by atoms with E-state index in [1.807, 2.05) is 51.2 Å². The number of nitrogens with two attached hydrogens (primary N) is 1. The maximum absolute atomic E-state index is 6.07. The summed E-state index contributed by atoms with van der Waals surface area (Å²) in [5.41, 5.74) is 8.36. The number of fused-ring (bicyclic) bond motifs is 1. The number of hydrogen-bond acceptors (Lipinski definition) is 4. The number of pyridine rings is 1. The highest BCUT2D eigenvalue weighted by atomic mass is 16.5. The third-order valence-electron chi connectivity index (χ3n) is 3.61. The van der Waals surface area contributed by atoms with E-state index in [0.717, 1.165) is 33.6 Å². The van der Waals surface area contributed by atoms with E-state index < -0.39 is 0 Å². The molecule has 5 heteroatoms. The smallest absolute Gasteiger partial charge is 0.227 e. The molecule has 21 heavy (non-hydrogen) atoms. The largest absolute Gasteiger partial charge is 0.434 e. The summed E-state index contributed by atoms with van der Waals surface area (Å²) in [5.74, 6) is 1.33. The highest BCUT2D eigenvalue weighted by Gasteiger charge is 2.14. The van der Waals surface area contributed by atoms with Gasteiger partial charge in [0.25, 0.3) is 0 Å². The van der Waals surface area contributed by atoms with E-state index >= 15 is 0 Å². The molecule has 1 aromatic carbocycles. The first kappa shape index (κ1) is 13.6. The number of nitrogens with zero attached hydrogens (tertiary/aromatic N) is 3. The lowest BCUT2D eigenvalue weighted by Gasteiger charge is -2.10. The Labute approximate surface area is 123 Å². The van der Waals surface area contributed by atoms with E-state index in [9.17, 15) is 0 Å². The van der Waals surface area contributed by atoms with Gasteiger partial charge in [-0.3, -0.25) is 4.68 Å². The van der Waals surface area contributed by atoms with Crippen LogP contribution in [0.4, 0.5) is 0 Å². The first-order valence-corrected chi connectivity index (χ1v) is 6.87. The Morgan fingerprint density at radius 1 is 1.24 bits per heavy atom. The van der Waals surface area contributed by atoms with Crippen molar-refractivity contribution in [1.29, 1.82) is 0 Å². The van der Waals surface area contributed by atoms with Gasteiger partial charge in [-0.2, -0.15) is 5.10 Å². The molecule has 0 aliphatic heterocycles. The zero-order valence-corrected chi connectivity index (χ0v) is 12.4. The standard InChI is InChI=1S/C16H18N4O/c1-10-15(11(2)20(3)19-10)21-16-14-7-5-4-6-12(14)8-13(9-17)18-16/h4-8H,9,17H2,1-3H3. The minimum Gasteiger partial charge on any atom is -0.434 e. The topological polar surface area (TPSA) is 66.0 Å². The highest BCUT2D eigenvalue weighted by Crippen LogP contribution is 2.32. The van der Waals surface area contributed by atoms with Crippen LogP contribution in [0.2, 0.25) is 0 Å². The fraction of sp³-hybridized carbons (Fsp3) is 0.250. The molecule has 0 bridgehead atoms. The molecule has 0 saturated carbocycles. The van der Waals surface area contributed by atoms with Crippen molar-refractivity contribution in [3.63, 3.8) is 0 Å². The molecule has 108 valence electrons. The maximum atomic E-state index is 6.07. The van der Waals surface area contributed by atoms with Gasteiger partial charge in [-0.25, -0.2) is 4.98 Å². The molecule has 0 unspecified atom stereocenters. The van der Waals surface area contributed by atoms with Gasteiger partial charge in [-0.1, -0.05) is 18.2 Å². The Balaban J connectivity index is 2.15. The summed E-state index contributed by atoms with van der Waals surface area (Å²) in [6, 6.07) is 9.99. The quantitative estimate of drug-likeness (QED) is 0.802. The average Bonchev–Trinajstić information content (AvgIpc) is 2.73. The van der Waals surface area contributed by atoms with Crippen LogP contribution in [0.15, 0.2) is 30.3 Å².